The summed E-state index contributed by atoms with van der Waals surface area (Å²) in [6, 6.07) is 12.7. The summed E-state index contributed by atoms with van der Waals surface area (Å²) in [6.07, 6.45) is 0. The third-order valence-corrected chi connectivity index (χ3v) is 2.89. The number of rotatable bonds is 3. The van der Waals surface area contributed by atoms with Crippen LogP contribution in [0.25, 0.3) is 11.1 Å². The molecule has 0 aliphatic heterocycles. The van der Waals surface area contributed by atoms with Crippen LogP contribution in [0.4, 0.5) is 0 Å². The number of hydrogen-bond acceptors (Lipinski definition) is 2. The molecule has 0 aliphatic rings. The Hall–Kier alpha value is -2.29. The van der Waals surface area contributed by atoms with Crippen molar-refractivity contribution in [1.82, 2.24) is 0 Å². The molecule has 2 rings (SSSR count). The molecule has 0 spiro atoms. The monoisotopic (exact) mass is 242 g/mol. The molecule has 3 nitrogen and oxygen atoms in total. The maximum Gasteiger partial charge on any atom is 0.335 e. The quantitative estimate of drug-likeness (QED) is 0.897. The number of methoxy groups -OCH3 is 1. The van der Waals surface area contributed by atoms with E-state index in [1.165, 1.54) is 0 Å². The fraction of sp³-hybridized carbons (Fsp3) is 0.133. The van der Waals surface area contributed by atoms with Crippen molar-refractivity contribution in [2.24, 2.45) is 0 Å². The van der Waals surface area contributed by atoms with Gasteiger partial charge in [0.15, 0.2) is 0 Å². The van der Waals surface area contributed by atoms with Crippen molar-refractivity contribution < 1.29 is 14.6 Å². The third kappa shape index (κ3) is 2.35. The SMILES string of the molecule is COc1ccc(C)c(-c2ccc(C(=O)O)cc2)c1. The summed E-state index contributed by atoms with van der Waals surface area (Å²) in [5.41, 5.74) is 3.45. The summed E-state index contributed by atoms with van der Waals surface area (Å²) in [5, 5.41) is 8.86. The fourth-order valence-electron chi connectivity index (χ4n) is 1.83. The molecule has 0 aromatic heterocycles. The minimum atomic E-state index is -0.913. The molecule has 0 aliphatic carbocycles. The number of hydrogen-bond donors (Lipinski definition) is 1. The van der Waals surface area contributed by atoms with Crippen LogP contribution in [0.2, 0.25) is 0 Å². The second-order valence-electron chi connectivity index (χ2n) is 4.06. The molecule has 0 bridgehead atoms. The van der Waals surface area contributed by atoms with Crippen LogP contribution >= 0.6 is 0 Å². The molecule has 0 heterocycles. The van der Waals surface area contributed by atoms with Crippen molar-refractivity contribution in [3.05, 3.63) is 53.6 Å². The summed E-state index contributed by atoms with van der Waals surface area (Å²) in [4.78, 5) is 10.8. The van der Waals surface area contributed by atoms with Gasteiger partial charge in [0, 0.05) is 0 Å². The Kier molecular flexibility index (Phi) is 3.33. The summed E-state index contributed by atoms with van der Waals surface area (Å²) >= 11 is 0. The maximum atomic E-state index is 10.8. The van der Waals surface area contributed by atoms with Gasteiger partial charge < -0.3 is 9.84 Å². The Morgan fingerprint density at radius 2 is 1.78 bits per heavy atom. The number of carboxylic acid groups (broad SMARTS) is 1. The van der Waals surface area contributed by atoms with Gasteiger partial charge in [-0.25, -0.2) is 4.79 Å². The Morgan fingerprint density at radius 1 is 1.11 bits per heavy atom. The van der Waals surface area contributed by atoms with Gasteiger partial charge in [0.2, 0.25) is 0 Å². The lowest BCUT2D eigenvalue weighted by Crippen LogP contribution is -1.95. The van der Waals surface area contributed by atoms with Crippen molar-refractivity contribution in [3.8, 4) is 16.9 Å². The summed E-state index contributed by atoms with van der Waals surface area (Å²) < 4.78 is 5.20. The van der Waals surface area contributed by atoms with E-state index in [-0.39, 0.29) is 0 Å². The first-order chi connectivity index (χ1) is 8.61. The van der Waals surface area contributed by atoms with Crippen molar-refractivity contribution in [3.63, 3.8) is 0 Å². The molecule has 0 fully saturated rings. The highest BCUT2D eigenvalue weighted by molar-refractivity contribution is 5.88. The highest BCUT2D eigenvalue weighted by Crippen LogP contribution is 2.27. The van der Waals surface area contributed by atoms with Crippen LogP contribution in [0, 0.1) is 6.92 Å². The zero-order chi connectivity index (χ0) is 13.1. The predicted octanol–water partition coefficient (Wildman–Crippen LogP) is 3.37. The van der Waals surface area contributed by atoms with Crippen LogP contribution in [0.1, 0.15) is 15.9 Å². The first kappa shape index (κ1) is 12.2. The van der Waals surface area contributed by atoms with Crippen molar-refractivity contribution in [2.45, 2.75) is 6.92 Å². The van der Waals surface area contributed by atoms with Crippen LogP contribution in [0.3, 0.4) is 0 Å². The van der Waals surface area contributed by atoms with Crippen molar-refractivity contribution in [2.75, 3.05) is 7.11 Å². The standard InChI is InChI=1S/C15H14O3/c1-10-3-8-13(18-2)9-14(10)11-4-6-12(7-5-11)15(16)17/h3-9H,1-2H3,(H,16,17). The molecular formula is C15H14O3. The minimum absolute atomic E-state index is 0.291. The van der Waals surface area contributed by atoms with Crippen LogP contribution < -0.4 is 4.74 Å². The van der Waals surface area contributed by atoms with E-state index in [4.69, 9.17) is 9.84 Å². The van der Waals surface area contributed by atoms with Gasteiger partial charge in [-0.2, -0.15) is 0 Å². The molecule has 0 atom stereocenters. The Bertz CT molecular complexity index is 571. The van der Waals surface area contributed by atoms with Crippen LogP contribution in [0.15, 0.2) is 42.5 Å². The molecule has 0 radical (unpaired) electrons. The summed E-state index contributed by atoms with van der Waals surface area (Å²) in [5.74, 6) is -0.123. The molecule has 0 saturated heterocycles. The molecule has 3 heteroatoms. The van der Waals surface area contributed by atoms with E-state index in [0.717, 1.165) is 22.4 Å². The van der Waals surface area contributed by atoms with Gasteiger partial charge in [0.1, 0.15) is 5.75 Å². The van der Waals surface area contributed by atoms with E-state index in [2.05, 4.69) is 0 Å². The molecule has 18 heavy (non-hydrogen) atoms. The van der Waals surface area contributed by atoms with E-state index in [0.29, 0.717) is 5.56 Å². The number of benzene rings is 2. The smallest absolute Gasteiger partial charge is 0.335 e. The average molecular weight is 242 g/mol. The highest BCUT2D eigenvalue weighted by atomic mass is 16.5. The fourth-order valence-corrected chi connectivity index (χ4v) is 1.83. The normalized spacial score (nSPS) is 10.1. The van der Waals surface area contributed by atoms with Gasteiger partial charge in [-0.1, -0.05) is 18.2 Å². The first-order valence-corrected chi connectivity index (χ1v) is 5.60. The maximum absolute atomic E-state index is 10.8. The largest absolute Gasteiger partial charge is 0.497 e. The first-order valence-electron chi connectivity index (χ1n) is 5.60. The second-order valence-corrected chi connectivity index (χ2v) is 4.06. The lowest BCUT2D eigenvalue weighted by Gasteiger charge is -2.09. The van der Waals surface area contributed by atoms with Gasteiger partial charge in [0.25, 0.3) is 0 Å². The van der Waals surface area contributed by atoms with E-state index >= 15 is 0 Å². The topological polar surface area (TPSA) is 46.5 Å². The van der Waals surface area contributed by atoms with Crippen molar-refractivity contribution >= 4 is 5.97 Å². The Morgan fingerprint density at radius 3 is 2.33 bits per heavy atom. The van der Waals surface area contributed by atoms with Gasteiger partial charge in [-0.3, -0.25) is 0 Å². The van der Waals surface area contributed by atoms with E-state index in [1.807, 2.05) is 37.3 Å². The number of ether oxygens (including phenoxy) is 1. The molecule has 92 valence electrons. The Labute approximate surface area is 106 Å². The molecule has 0 amide bonds. The number of carbonyl (C=O) groups is 1. The van der Waals surface area contributed by atoms with E-state index in [1.54, 1.807) is 19.2 Å². The number of aryl methyl sites for hydroxylation is 1. The average Bonchev–Trinajstić information content (AvgIpc) is 2.39. The molecule has 2 aromatic carbocycles. The predicted molar refractivity (Wildman–Crippen MR) is 70.1 cm³/mol. The number of carboxylic acids is 1. The number of aromatic carboxylic acids is 1. The second kappa shape index (κ2) is 4.92. The molecular weight excluding hydrogens is 228 g/mol. The molecule has 2 aromatic rings. The molecule has 1 N–H and O–H groups in total. The zero-order valence-corrected chi connectivity index (χ0v) is 10.3. The van der Waals surface area contributed by atoms with Gasteiger partial charge in [0.05, 0.1) is 12.7 Å². The van der Waals surface area contributed by atoms with E-state index in [9.17, 15) is 4.79 Å². The molecule has 0 saturated carbocycles. The zero-order valence-electron chi connectivity index (χ0n) is 10.3. The van der Waals surface area contributed by atoms with Crippen LogP contribution in [-0.2, 0) is 0 Å². The Balaban J connectivity index is 2.44. The van der Waals surface area contributed by atoms with Gasteiger partial charge in [-0.15, -0.1) is 0 Å². The van der Waals surface area contributed by atoms with Crippen LogP contribution in [0.5, 0.6) is 5.75 Å². The van der Waals surface area contributed by atoms with E-state index < -0.39 is 5.97 Å². The van der Waals surface area contributed by atoms with Crippen molar-refractivity contribution in [1.29, 1.82) is 0 Å². The third-order valence-electron chi connectivity index (χ3n) is 2.89. The lowest BCUT2D eigenvalue weighted by molar-refractivity contribution is 0.0697. The van der Waals surface area contributed by atoms with Crippen LogP contribution in [-0.4, -0.2) is 18.2 Å². The van der Waals surface area contributed by atoms with Gasteiger partial charge in [-0.05, 0) is 47.9 Å². The van der Waals surface area contributed by atoms with Gasteiger partial charge >= 0.3 is 5.97 Å². The highest BCUT2D eigenvalue weighted by Gasteiger charge is 2.06. The summed E-state index contributed by atoms with van der Waals surface area (Å²) in [7, 11) is 1.63. The summed E-state index contributed by atoms with van der Waals surface area (Å²) in [6.45, 7) is 2.01. The molecule has 0 unspecified atom stereocenters. The minimum Gasteiger partial charge on any atom is -0.497 e. The lowest BCUT2D eigenvalue weighted by atomic mass is 9.99.